The minimum atomic E-state index is -0.634. The highest BCUT2D eigenvalue weighted by molar-refractivity contribution is 5.92. The maximum atomic E-state index is 13.6. The van der Waals surface area contributed by atoms with Crippen LogP contribution < -0.4 is 16.0 Å². The number of hydrogen-bond donors (Lipinski definition) is 2. The molecule has 0 spiro atoms. The SMILES string of the molecule is Nc1nc(N2CCN(CC(=O)Nc3ccccc3F)CC2)ncc1[N+](=O)[O-]. The van der Waals surface area contributed by atoms with Crippen molar-refractivity contribution in [2.45, 2.75) is 0 Å². The average molecular weight is 375 g/mol. The van der Waals surface area contributed by atoms with Gasteiger partial charge in [0.05, 0.1) is 17.2 Å². The normalized spacial score (nSPS) is 14.8. The van der Waals surface area contributed by atoms with Gasteiger partial charge in [-0.2, -0.15) is 4.98 Å². The molecule has 10 nitrogen and oxygen atoms in total. The van der Waals surface area contributed by atoms with E-state index >= 15 is 0 Å². The number of aromatic nitrogens is 2. The molecule has 1 saturated heterocycles. The molecular formula is C16H18FN7O3. The number of rotatable bonds is 5. The molecular weight excluding hydrogens is 357 g/mol. The van der Waals surface area contributed by atoms with Crippen LogP contribution in [0.5, 0.6) is 0 Å². The van der Waals surface area contributed by atoms with Crippen LogP contribution in [0.25, 0.3) is 0 Å². The van der Waals surface area contributed by atoms with Crippen molar-refractivity contribution < 1.29 is 14.1 Å². The number of anilines is 3. The molecule has 0 unspecified atom stereocenters. The Labute approximate surface area is 154 Å². The van der Waals surface area contributed by atoms with Crippen LogP contribution in [0.15, 0.2) is 30.5 Å². The summed E-state index contributed by atoms with van der Waals surface area (Å²) in [6, 6.07) is 5.98. The zero-order valence-corrected chi connectivity index (χ0v) is 14.3. The van der Waals surface area contributed by atoms with Crippen LogP contribution in [-0.2, 0) is 4.79 Å². The Morgan fingerprint density at radius 1 is 1.30 bits per heavy atom. The van der Waals surface area contributed by atoms with Crippen LogP contribution >= 0.6 is 0 Å². The molecule has 2 heterocycles. The lowest BCUT2D eigenvalue weighted by atomic mass is 10.3. The summed E-state index contributed by atoms with van der Waals surface area (Å²) in [4.78, 5) is 34.0. The summed E-state index contributed by atoms with van der Waals surface area (Å²) in [7, 11) is 0. The second kappa shape index (κ2) is 7.91. The van der Waals surface area contributed by atoms with E-state index in [9.17, 15) is 19.3 Å². The number of benzene rings is 1. The lowest BCUT2D eigenvalue weighted by molar-refractivity contribution is -0.384. The first-order valence-electron chi connectivity index (χ1n) is 8.22. The lowest BCUT2D eigenvalue weighted by Crippen LogP contribution is -2.49. The third-order valence-electron chi connectivity index (χ3n) is 4.15. The fourth-order valence-electron chi connectivity index (χ4n) is 2.73. The Balaban J connectivity index is 1.53. The minimum absolute atomic E-state index is 0.130. The molecule has 0 bridgehead atoms. The summed E-state index contributed by atoms with van der Waals surface area (Å²) in [5, 5.41) is 13.3. The second-order valence-corrected chi connectivity index (χ2v) is 5.99. The van der Waals surface area contributed by atoms with Gasteiger partial charge in [0.1, 0.15) is 12.0 Å². The quantitative estimate of drug-likeness (QED) is 0.581. The fourth-order valence-corrected chi connectivity index (χ4v) is 2.73. The summed E-state index contributed by atoms with van der Waals surface area (Å²) in [6.07, 6.45) is 1.09. The molecule has 0 saturated carbocycles. The number of nitrogens with one attached hydrogen (secondary N) is 1. The standard InChI is InChI=1S/C16H18FN7O3/c17-11-3-1-2-4-12(11)20-14(25)10-22-5-7-23(8-6-22)16-19-9-13(24(26)27)15(18)21-16/h1-4,9H,5-8,10H2,(H,20,25)(H2,18,19,21). The van der Waals surface area contributed by atoms with Gasteiger partial charge in [-0.3, -0.25) is 19.8 Å². The molecule has 2 aromatic rings. The predicted octanol–water partition coefficient (Wildman–Crippen LogP) is 0.867. The number of halogens is 1. The van der Waals surface area contributed by atoms with E-state index in [2.05, 4.69) is 15.3 Å². The Hall–Kier alpha value is -3.34. The summed E-state index contributed by atoms with van der Waals surface area (Å²) in [5.74, 6) is -0.654. The monoisotopic (exact) mass is 375 g/mol. The number of hydrogen-bond acceptors (Lipinski definition) is 8. The van der Waals surface area contributed by atoms with Crippen molar-refractivity contribution in [2.24, 2.45) is 0 Å². The maximum Gasteiger partial charge on any atom is 0.329 e. The molecule has 1 fully saturated rings. The zero-order valence-electron chi connectivity index (χ0n) is 14.3. The van der Waals surface area contributed by atoms with E-state index in [-0.39, 0.29) is 29.6 Å². The van der Waals surface area contributed by atoms with Crippen LogP contribution in [0.2, 0.25) is 0 Å². The second-order valence-electron chi connectivity index (χ2n) is 5.99. The fraction of sp³-hybridized carbons (Fsp3) is 0.312. The van der Waals surface area contributed by atoms with Crippen molar-refractivity contribution in [3.8, 4) is 0 Å². The van der Waals surface area contributed by atoms with Gasteiger partial charge in [-0.05, 0) is 12.1 Å². The lowest BCUT2D eigenvalue weighted by Gasteiger charge is -2.34. The van der Waals surface area contributed by atoms with Gasteiger partial charge in [0, 0.05) is 26.2 Å². The summed E-state index contributed by atoms with van der Waals surface area (Å²) < 4.78 is 13.6. The van der Waals surface area contributed by atoms with Crippen molar-refractivity contribution in [3.63, 3.8) is 0 Å². The molecule has 0 atom stereocenters. The highest BCUT2D eigenvalue weighted by Gasteiger charge is 2.23. The highest BCUT2D eigenvalue weighted by atomic mass is 19.1. The van der Waals surface area contributed by atoms with Crippen molar-refractivity contribution in [2.75, 3.05) is 48.7 Å². The van der Waals surface area contributed by atoms with Gasteiger partial charge >= 0.3 is 5.69 Å². The van der Waals surface area contributed by atoms with Gasteiger partial charge in [-0.15, -0.1) is 0 Å². The van der Waals surface area contributed by atoms with E-state index in [0.29, 0.717) is 32.1 Å². The number of carbonyl (C=O) groups is 1. The van der Waals surface area contributed by atoms with E-state index in [4.69, 9.17) is 5.73 Å². The number of amides is 1. The van der Waals surface area contributed by atoms with Crippen molar-refractivity contribution in [1.82, 2.24) is 14.9 Å². The van der Waals surface area contributed by atoms with Crippen LogP contribution in [0.4, 0.5) is 27.5 Å². The molecule has 0 aliphatic carbocycles. The summed E-state index contributed by atoms with van der Waals surface area (Å²) >= 11 is 0. The third-order valence-corrected chi connectivity index (χ3v) is 4.15. The van der Waals surface area contributed by atoms with Gasteiger partial charge in [0.15, 0.2) is 0 Å². The first-order valence-corrected chi connectivity index (χ1v) is 8.22. The van der Waals surface area contributed by atoms with Crippen LogP contribution in [0.3, 0.4) is 0 Å². The Bertz CT molecular complexity index is 856. The molecule has 1 aliphatic heterocycles. The summed E-state index contributed by atoms with van der Waals surface area (Å²) in [5.41, 5.74) is 5.41. The molecule has 27 heavy (non-hydrogen) atoms. The van der Waals surface area contributed by atoms with Gasteiger partial charge in [-0.25, -0.2) is 9.37 Å². The van der Waals surface area contributed by atoms with Crippen molar-refractivity contribution >= 4 is 29.0 Å². The number of carbonyl (C=O) groups excluding carboxylic acids is 1. The van der Waals surface area contributed by atoms with E-state index in [0.717, 1.165) is 6.20 Å². The zero-order chi connectivity index (χ0) is 19.4. The number of para-hydroxylation sites is 1. The Kier molecular flexibility index (Phi) is 5.41. The number of nitrogens with two attached hydrogens (primary N) is 1. The molecule has 0 radical (unpaired) electrons. The largest absolute Gasteiger partial charge is 0.378 e. The first-order chi connectivity index (χ1) is 12.9. The molecule has 11 heteroatoms. The summed E-state index contributed by atoms with van der Waals surface area (Å²) in [6.45, 7) is 2.32. The Morgan fingerprint density at radius 2 is 2.00 bits per heavy atom. The van der Waals surface area contributed by atoms with Crippen molar-refractivity contribution in [1.29, 1.82) is 0 Å². The maximum absolute atomic E-state index is 13.6. The predicted molar refractivity (Wildman–Crippen MR) is 96.8 cm³/mol. The number of nitro groups is 1. The van der Waals surface area contributed by atoms with Crippen molar-refractivity contribution in [3.05, 3.63) is 46.4 Å². The average Bonchev–Trinajstić information content (AvgIpc) is 2.64. The van der Waals surface area contributed by atoms with E-state index in [1.54, 1.807) is 12.1 Å². The molecule has 1 aliphatic rings. The van der Waals surface area contributed by atoms with Gasteiger partial charge in [0.2, 0.25) is 17.7 Å². The number of piperazine rings is 1. The number of nitrogens with zero attached hydrogens (tertiary/aromatic N) is 5. The molecule has 3 N–H and O–H groups in total. The molecule has 142 valence electrons. The van der Waals surface area contributed by atoms with Gasteiger partial charge < -0.3 is 16.0 Å². The van der Waals surface area contributed by atoms with Crippen LogP contribution in [-0.4, -0.2) is 58.4 Å². The highest BCUT2D eigenvalue weighted by Crippen LogP contribution is 2.21. The van der Waals surface area contributed by atoms with Crippen LogP contribution in [0, 0.1) is 15.9 Å². The van der Waals surface area contributed by atoms with E-state index in [1.807, 2.05) is 9.80 Å². The molecule has 1 amide bonds. The van der Waals surface area contributed by atoms with Gasteiger partial charge in [-0.1, -0.05) is 12.1 Å². The number of nitrogen functional groups attached to an aromatic ring is 1. The van der Waals surface area contributed by atoms with Crippen LogP contribution in [0.1, 0.15) is 0 Å². The van der Waals surface area contributed by atoms with Gasteiger partial charge in [0.25, 0.3) is 0 Å². The molecule has 3 rings (SSSR count). The first kappa shape index (κ1) is 18.5. The van der Waals surface area contributed by atoms with E-state index in [1.165, 1.54) is 12.1 Å². The molecule has 1 aromatic heterocycles. The third kappa shape index (κ3) is 4.44. The Morgan fingerprint density at radius 3 is 2.63 bits per heavy atom. The smallest absolute Gasteiger partial charge is 0.329 e. The van der Waals surface area contributed by atoms with E-state index < -0.39 is 10.7 Å². The molecule has 1 aromatic carbocycles. The topological polar surface area (TPSA) is 131 Å². The minimum Gasteiger partial charge on any atom is -0.378 e.